The molecule has 0 amide bonds. The van der Waals surface area contributed by atoms with Crippen LogP contribution in [-0.4, -0.2) is 37.9 Å². The van der Waals surface area contributed by atoms with Gasteiger partial charge in [0.15, 0.2) is 0 Å². The van der Waals surface area contributed by atoms with Crippen molar-refractivity contribution in [2.24, 2.45) is 0 Å². The first kappa shape index (κ1) is 14.0. The Labute approximate surface area is 106 Å². The standard InChI is InChI=1S/C13H16N2O3/c1-3-15(6-7-18-2)12-5-4-10(13(16)17)8-11(12)9-14/h4-5,8H,3,6-7H2,1-2H3,(H,16,17). The summed E-state index contributed by atoms with van der Waals surface area (Å²) >= 11 is 0. The SMILES string of the molecule is CCN(CCOC)c1ccc(C(=O)O)cc1C#N. The van der Waals surface area contributed by atoms with Crippen molar-refractivity contribution in [2.45, 2.75) is 6.92 Å². The molecule has 96 valence electrons. The Morgan fingerprint density at radius 3 is 2.78 bits per heavy atom. The largest absolute Gasteiger partial charge is 0.478 e. The van der Waals surface area contributed by atoms with Gasteiger partial charge in [0, 0.05) is 20.2 Å². The fraction of sp³-hybridized carbons (Fsp3) is 0.385. The van der Waals surface area contributed by atoms with Gasteiger partial charge in [-0.25, -0.2) is 4.79 Å². The smallest absolute Gasteiger partial charge is 0.335 e. The summed E-state index contributed by atoms with van der Waals surface area (Å²) in [6, 6.07) is 6.61. The number of carboxylic acids is 1. The van der Waals surface area contributed by atoms with Crippen LogP contribution in [0.2, 0.25) is 0 Å². The Morgan fingerprint density at radius 2 is 2.28 bits per heavy atom. The van der Waals surface area contributed by atoms with Crippen molar-refractivity contribution in [3.8, 4) is 6.07 Å². The van der Waals surface area contributed by atoms with E-state index in [4.69, 9.17) is 15.1 Å². The molecule has 1 N–H and O–H groups in total. The average molecular weight is 248 g/mol. The highest BCUT2D eigenvalue weighted by Crippen LogP contribution is 2.21. The molecule has 0 atom stereocenters. The van der Waals surface area contributed by atoms with Crippen molar-refractivity contribution < 1.29 is 14.6 Å². The number of rotatable bonds is 6. The summed E-state index contributed by atoms with van der Waals surface area (Å²) < 4.78 is 5.01. The number of aromatic carboxylic acids is 1. The first-order valence-electron chi connectivity index (χ1n) is 5.65. The van der Waals surface area contributed by atoms with Crippen LogP contribution in [0.3, 0.4) is 0 Å². The molecule has 0 unspecified atom stereocenters. The minimum absolute atomic E-state index is 0.123. The van der Waals surface area contributed by atoms with Gasteiger partial charge in [-0.05, 0) is 25.1 Å². The second-order valence-electron chi connectivity index (χ2n) is 3.72. The molecule has 0 fully saturated rings. The molecule has 1 aromatic rings. The molecule has 5 heteroatoms. The molecule has 1 rings (SSSR count). The van der Waals surface area contributed by atoms with Crippen LogP contribution >= 0.6 is 0 Å². The number of nitriles is 1. The molecule has 0 saturated carbocycles. The van der Waals surface area contributed by atoms with Gasteiger partial charge in [0.05, 0.1) is 23.4 Å². The molecule has 0 aliphatic carbocycles. The normalized spacial score (nSPS) is 9.83. The first-order valence-corrected chi connectivity index (χ1v) is 5.65. The number of hydrogen-bond acceptors (Lipinski definition) is 4. The van der Waals surface area contributed by atoms with E-state index in [0.717, 1.165) is 12.2 Å². The highest BCUT2D eigenvalue weighted by molar-refractivity contribution is 5.89. The fourth-order valence-corrected chi connectivity index (χ4v) is 1.68. The zero-order valence-corrected chi connectivity index (χ0v) is 10.5. The fourth-order valence-electron chi connectivity index (χ4n) is 1.68. The zero-order chi connectivity index (χ0) is 13.5. The van der Waals surface area contributed by atoms with E-state index < -0.39 is 5.97 Å². The van der Waals surface area contributed by atoms with Crippen LogP contribution in [0.25, 0.3) is 0 Å². The summed E-state index contributed by atoms with van der Waals surface area (Å²) in [4.78, 5) is 12.8. The summed E-state index contributed by atoms with van der Waals surface area (Å²) in [7, 11) is 1.62. The minimum Gasteiger partial charge on any atom is -0.478 e. The number of ether oxygens (including phenoxy) is 1. The van der Waals surface area contributed by atoms with Gasteiger partial charge in [0.2, 0.25) is 0 Å². The van der Waals surface area contributed by atoms with Crippen LogP contribution in [0.1, 0.15) is 22.8 Å². The molecule has 1 aromatic carbocycles. The van der Waals surface area contributed by atoms with Crippen molar-refractivity contribution >= 4 is 11.7 Å². The van der Waals surface area contributed by atoms with Gasteiger partial charge in [0.1, 0.15) is 6.07 Å². The molecule has 0 aromatic heterocycles. The van der Waals surface area contributed by atoms with E-state index in [9.17, 15) is 4.79 Å². The van der Waals surface area contributed by atoms with Crippen LogP contribution in [0.15, 0.2) is 18.2 Å². The number of benzene rings is 1. The monoisotopic (exact) mass is 248 g/mol. The summed E-state index contributed by atoms with van der Waals surface area (Å²) in [5.74, 6) is -1.03. The maximum absolute atomic E-state index is 10.8. The number of likely N-dealkylation sites (N-methyl/N-ethyl adjacent to an activating group) is 1. The second kappa shape index (κ2) is 6.62. The van der Waals surface area contributed by atoms with Crippen LogP contribution in [-0.2, 0) is 4.74 Å². The van der Waals surface area contributed by atoms with Crippen molar-refractivity contribution in [1.29, 1.82) is 5.26 Å². The first-order chi connectivity index (χ1) is 8.63. The number of carboxylic acid groups (broad SMARTS) is 1. The molecule has 0 heterocycles. The summed E-state index contributed by atoms with van der Waals surface area (Å²) in [6.45, 7) is 3.92. The van der Waals surface area contributed by atoms with Crippen molar-refractivity contribution in [3.63, 3.8) is 0 Å². The Bertz CT molecular complexity index is 466. The van der Waals surface area contributed by atoms with Gasteiger partial charge < -0.3 is 14.7 Å². The van der Waals surface area contributed by atoms with Crippen molar-refractivity contribution in [2.75, 3.05) is 31.7 Å². The van der Waals surface area contributed by atoms with Gasteiger partial charge in [0.25, 0.3) is 0 Å². The van der Waals surface area contributed by atoms with E-state index in [1.807, 2.05) is 17.9 Å². The molecule has 0 aliphatic rings. The molecule has 0 aliphatic heterocycles. The molecule has 0 spiro atoms. The lowest BCUT2D eigenvalue weighted by Gasteiger charge is -2.23. The van der Waals surface area contributed by atoms with E-state index in [1.165, 1.54) is 12.1 Å². The van der Waals surface area contributed by atoms with Gasteiger partial charge in [-0.15, -0.1) is 0 Å². The van der Waals surface area contributed by atoms with Gasteiger partial charge in [-0.1, -0.05) is 0 Å². The van der Waals surface area contributed by atoms with Crippen LogP contribution in [0.5, 0.6) is 0 Å². The molecule has 0 radical (unpaired) electrons. The third kappa shape index (κ3) is 3.22. The molecule has 0 bridgehead atoms. The number of anilines is 1. The van der Waals surface area contributed by atoms with Gasteiger partial charge >= 0.3 is 5.97 Å². The van der Waals surface area contributed by atoms with Crippen LogP contribution < -0.4 is 4.90 Å². The van der Waals surface area contributed by atoms with E-state index in [2.05, 4.69) is 0 Å². The Balaban J connectivity index is 3.07. The van der Waals surface area contributed by atoms with E-state index >= 15 is 0 Å². The predicted molar refractivity (Wildman–Crippen MR) is 67.9 cm³/mol. The zero-order valence-electron chi connectivity index (χ0n) is 10.5. The lowest BCUT2D eigenvalue weighted by atomic mass is 10.1. The molecule has 18 heavy (non-hydrogen) atoms. The van der Waals surface area contributed by atoms with E-state index in [1.54, 1.807) is 13.2 Å². The number of methoxy groups -OCH3 is 1. The summed E-state index contributed by atoms with van der Waals surface area (Å²) in [6.07, 6.45) is 0. The van der Waals surface area contributed by atoms with E-state index in [-0.39, 0.29) is 5.56 Å². The maximum atomic E-state index is 10.8. The molecule has 5 nitrogen and oxygen atoms in total. The Kier molecular flexibility index (Phi) is 5.15. The van der Waals surface area contributed by atoms with Gasteiger partial charge in [-0.3, -0.25) is 0 Å². The van der Waals surface area contributed by atoms with Crippen molar-refractivity contribution in [3.05, 3.63) is 29.3 Å². The lowest BCUT2D eigenvalue weighted by Crippen LogP contribution is -2.27. The Morgan fingerprint density at radius 1 is 1.56 bits per heavy atom. The average Bonchev–Trinajstić information content (AvgIpc) is 2.39. The third-order valence-electron chi connectivity index (χ3n) is 2.65. The number of carbonyl (C=O) groups is 1. The molecule has 0 saturated heterocycles. The molecular weight excluding hydrogens is 232 g/mol. The summed E-state index contributed by atoms with van der Waals surface area (Å²) in [5.41, 5.74) is 1.23. The van der Waals surface area contributed by atoms with Crippen LogP contribution in [0.4, 0.5) is 5.69 Å². The van der Waals surface area contributed by atoms with Crippen LogP contribution in [0, 0.1) is 11.3 Å². The quantitative estimate of drug-likeness (QED) is 0.829. The highest BCUT2D eigenvalue weighted by atomic mass is 16.5. The number of nitrogens with zero attached hydrogens (tertiary/aromatic N) is 2. The summed E-state index contributed by atoms with van der Waals surface area (Å²) in [5, 5.41) is 18.0. The van der Waals surface area contributed by atoms with Crippen molar-refractivity contribution in [1.82, 2.24) is 0 Å². The third-order valence-corrected chi connectivity index (χ3v) is 2.65. The Hall–Kier alpha value is -2.06. The molecular formula is C13H16N2O3. The topological polar surface area (TPSA) is 73.6 Å². The number of hydrogen-bond donors (Lipinski definition) is 1. The highest BCUT2D eigenvalue weighted by Gasteiger charge is 2.12. The lowest BCUT2D eigenvalue weighted by molar-refractivity contribution is 0.0697. The second-order valence-corrected chi connectivity index (χ2v) is 3.72. The predicted octanol–water partition coefficient (Wildman–Crippen LogP) is 1.73. The van der Waals surface area contributed by atoms with Gasteiger partial charge in [-0.2, -0.15) is 5.26 Å². The van der Waals surface area contributed by atoms with E-state index in [0.29, 0.717) is 18.7 Å². The maximum Gasteiger partial charge on any atom is 0.335 e. The minimum atomic E-state index is -1.03.